The average molecular weight is 497 g/mol. The third kappa shape index (κ3) is 6.48. The lowest BCUT2D eigenvalue weighted by molar-refractivity contribution is 0.245. The van der Waals surface area contributed by atoms with E-state index in [1.807, 2.05) is 6.07 Å². The molecule has 28 heavy (non-hydrogen) atoms. The van der Waals surface area contributed by atoms with Gasteiger partial charge in [-0.1, -0.05) is 42.4 Å². The lowest BCUT2D eigenvalue weighted by atomic mass is 10.1. The van der Waals surface area contributed by atoms with Crippen LogP contribution in [0.1, 0.15) is 49.7 Å². The standard InChI is InChI=1S/C21H31N5O.HI/c1-3-18-14-19(27-25-18)15-23-21(22-4-2)24-16-20(26-12-8-9-13-26)17-10-6-5-7-11-17;/h5-7,10-11,14,20H,3-4,8-9,12-13,15-16H2,1-2H3,(H2,22,23,24);1H. The fraction of sp³-hybridized carbons (Fsp3) is 0.524. The van der Waals surface area contributed by atoms with E-state index in [-0.39, 0.29) is 24.0 Å². The van der Waals surface area contributed by atoms with Gasteiger partial charge in [-0.05, 0) is 44.8 Å². The van der Waals surface area contributed by atoms with Crippen LogP contribution in [0.4, 0.5) is 0 Å². The minimum Gasteiger partial charge on any atom is -0.359 e. The Morgan fingerprint density at radius 2 is 1.93 bits per heavy atom. The summed E-state index contributed by atoms with van der Waals surface area (Å²) in [5.74, 6) is 1.61. The first-order valence-corrected chi connectivity index (χ1v) is 10.1. The molecule has 0 bridgehead atoms. The first-order valence-electron chi connectivity index (χ1n) is 10.1. The van der Waals surface area contributed by atoms with Gasteiger partial charge in [0.25, 0.3) is 0 Å². The van der Waals surface area contributed by atoms with E-state index < -0.39 is 0 Å². The Labute approximate surface area is 185 Å². The number of benzene rings is 1. The van der Waals surface area contributed by atoms with Gasteiger partial charge in [-0.15, -0.1) is 24.0 Å². The second kappa shape index (κ2) is 12.1. The molecule has 1 atom stereocenters. The highest BCUT2D eigenvalue weighted by Gasteiger charge is 2.23. The van der Waals surface area contributed by atoms with E-state index in [0.717, 1.165) is 50.0 Å². The minimum atomic E-state index is 0. The highest BCUT2D eigenvalue weighted by atomic mass is 127. The number of nitrogens with zero attached hydrogens (tertiary/aromatic N) is 3. The number of aliphatic imine (C=N–C) groups is 1. The molecule has 0 spiro atoms. The van der Waals surface area contributed by atoms with Gasteiger partial charge >= 0.3 is 0 Å². The summed E-state index contributed by atoms with van der Waals surface area (Å²) in [6.07, 6.45) is 3.44. The number of aromatic nitrogens is 1. The number of hydrogen-bond donors (Lipinski definition) is 2. The second-order valence-corrected chi connectivity index (χ2v) is 6.88. The minimum absolute atomic E-state index is 0. The Kier molecular flexibility index (Phi) is 9.77. The Hall–Kier alpha value is -1.61. The van der Waals surface area contributed by atoms with Crippen LogP contribution in [0.3, 0.4) is 0 Å². The van der Waals surface area contributed by atoms with Crippen LogP contribution in [0.5, 0.6) is 0 Å². The largest absolute Gasteiger partial charge is 0.359 e. The van der Waals surface area contributed by atoms with Gasteiger partial charge in [0.1, 0.15) is 6.54 Å². The Balaban J connectivity index is 0.00000280. The monoisotopic (exact) mass is 497 g/mol. The maximum absolute atomic E-state index is 5.34. The molecular weight excluding hydrogens is 465 g/mol. The van der Waals surface area contributed by atoms with Crippen LogP contribution in [-0.4, -0.2) is 42.2 Å². The number of rotatable bonds is 8. The molecule has 0 aliphatic carbocycles. The van der Waals surface area contributed by atoms with E-state index in [1.54, 1.807) is 0 Å². The van der Waals surface area contributed by atoms with Crippen molar-refractivity contribution in [2.24, 2.45) is 4.99 Å². The number of nitrogens with one attached hydrogen (secondary N) is 2. The van der Waals surface area contributed by atoms with Crippen LogP contribution >= 0.6 is 24.0 Å². The van der Waals surface area contributed by atoms with Crippen LogP contribution in [0.15, 0.2) is 45.9 Å². The molecule has 0 radical (unpaired) electrons. The summed E-state index contributed by atoms with van der Waals surface area (Å²) in [5.41, 5.74) is 2.32. The molecular formula is C21H32IN5O. The number of hydrogen-bond acceptors (Lipinski definition) is 4. The summed E-state index contributed by atoms with van der Waals surface area (Å²) in [7, 11) is 0. The molecule has 0 amide bonds. The number of likely N-dealkylation sites (tertiary alicyclic amines) is 1. The van der Waals surface area contributed by atoms with Crippen molar-refractivity contribution >= 4 is 29.9 Å². The molecule has 7 heteroatoms. The zero-order valence-corrected chi connectivity index (χ0v) is 19.2. The summed E-state index contributed by atoms with van der Waals surface area (Å²) in [4.78, 5) is 7.23. The van der Waals surface area contributed by atoms with Crippen LogP contribution < -0.4 is 10.6 Å². The average Bonchev–Trinajstić information content (AvgIpc) is 3.39. The van der Waals surface area contributed by atoms with Gasteiger partial charge in [0.15, 0.2) is 11.7 Å². The van der Waals surface area contributed by atoms with Crippen molar-refractivity contribution in [1.29, 1.82) is 0 Å². The van der Waals surface area contributed by atoms with Crippen LogP contribution in [0, 0.1) is 0 Å². The number of halogens is 1. The van der Waals surface area contributed by atoms with Crippen molar-refractivity contribution < 1.29 is 4.52 Å². The van der Waals surface area contributed by atoms with Crippen LogP contribution in [-0.2, 0) is 13.0 Å². The van der Waals surface area contributed by atoms with Crippen molar-refractivity contribution in [2.75, 3.05) is 26.2 Å². The van der Waals surface area contributed by atoms with E-state index in [0.29, 0.717) is 12.6 Å². The molecule has 1 saturated heterocycles. The van der Waals surface area contributed by atoms with Gasteiger partial charge in [0.05, 0.1) is 11.7 Å². The molecule has 1 aliphatic heterocycles. The highest BCUT2D eigenvalue weighted by molar-refractivity contribution is 14.0. The van der Waals surface area contributed by atoms with Gasteiger partial charge in [-0.25, -0.2) is 4.99 Å². The third-order valence-electron chi connectivity index (χ3n) is 4.94. The third-order valence-corrected chi connectivity index (χ3v) is 4.94. The predicted octanol–water partition coefficient (Wildman–Crippen LogP) is 3.75. The van der Waals surface area contributed by atoms with E-state index in [9.17, 15) is 0 Å². The Morgan fingerprint density at radius 3 is 2.57 bits per heavy atom. The molecule has 2 N–H and O–H groups in total. The maximum Gasteiger partial charge on any atom is 0.191 e. The smallest absolute Gasteiger partial charge is 0.191 e. The lowest BCUT2D eigenvalue weighted by Gasteiger charge is -2.29. The summed E-state index contributed by atoms with van der Waals surface area (Å²) >= 11 is 0. The number of guanidine groups is 1. The van der Waals surface area contributed by atoms with E-state index in [4.69, 9.17) is 4.52 Å². The van der Waals surface area contributed by atoms with Gasteiger partial charge in [-0.3, -0.25) is 4.90 Å². The molecule has 1 aliphatic rings. The SMILES string of the molecule is CCNC(=NCc1cc(CC)no1)NCC(c1ccccc1)N1CCCC1.I. The molecule has 2 heterocycles. The summed E-state index contributed by atoms with van der Waals surface area (Å²) in [6.45, 7) is 8.60. The van der Waals surface area contributed by atoms with Gasteiger partial charge < -0.3 is 15.2 Å². The Morgan fingerprint density at radius 1 is 1.18 bits per heavy atom. The molecule has 3 rings (SSSR count). The number of aryl methyl sites for hydroxylation is 1. The fourth-order valence-electron chi connectivity index (χ4n) is 3.48. The lowest BCUT2D eigenvalue weighted by Crippen LogP contribution is -2.42. The van der Waals surface area contributed by atoms with Gasteiger partial charge in [0.2, 0.25) is 0 Å². The molecule has 1 fully saturated rings. The van der Waals surface area contributed by atoms with Crippen molar-refractivity contribution in [1.82, 2.24) is 20.7 Å². The van der Waals surface area contributed by atoms with E-state index in [2.05, 4.69) is 69.9 Å². The zero-order chi connectivity index (χ0) is 18.9. The van der Waals surface area contributed by atoms with Crippen molar-refractivity contribution in [3.8, 4) is 0 Å². The van der Waals surface area contributed by atoms with Crippen molar-refractivity contribution in [3.05, 3.63) is 53.4 Å². The highest BCUT2D eigenvalue weighted by Crippen LogP contribution is 2.24. The normalized spacial score (nSPS) is 15.9. The molecule has 2 aromatic rings. The fourth-order valence-corrected chi connectivity index (χ4v) is 3.48. The molecule has 1 aromatic heterocycles. The van der Waals surface area contributed by atoms with Crippen molar-refractivity contribution in [2.45, 2.75) is 45.7 Å². The zero-order valence-electron chi connectivity index (χ0n) is 16.9. The van der Waals surface area contributed by atoms with E-state index in [1.165, 1.54) is 18.4 Å². The second-order valence-electron chi connectivity index (χ2n) is 6.88. The molecule has 6 nitrogen and oxygen atoms in total. The first-order chi connectivity index (χ1) is 13.3. The quantitative estimate of drug-likeness (QED) is 0.331. The molecule has 0 saturated carbocycles. The summed E-state index contributed by atoms with van der Waals surface area (Å²) in [5, 5.41) is 10.9. The predicted molar refractivity (Wildman–Crippen MR) is 124 cm³/mol. The summed E-state index contributed by atoms with van der Waals surface area (Å²) < 4.78 is 5.34. The molecule has 1 unspecified atom stereocenters. The van der Waals surface area contributed by atoms with Gasteiger partial charge in [-0.2, -0.15) is 0 Å². The molecule has 1 aromatic carbocycles. The van der Waals surface area contributed by atoms with Crippen LogP contribution in [0.25, 0.3) is 0 Å². The first kappa shape index (κ1) is 22.7. The van der Waals surface area contributed by atoms with Gasteiger partial charge in [0, 0.05) is 19.2 Å². The van der Waals surface area contributed by atoms with Crippen LogP contribution in [0.2, 0.25) is 0 Å². The topological polar surface area (TPSA) is 65.7 Å². The van der Waals surface area contributed by atoms with Crippen molar-refractivity contribution in [3.63, 3.8) is 0 Å². The maximum atomic E-state index is 5.34. The summed E-state index contributed by atoms with van der Waals surface area (Å²) in [6, 6.07) is 13.1. The Bertz CT molecular complexity index is 713. The molecule has 154 valence electrons. The van der Waals surface area contributed by atoms with E-state index >= 15 is 0 Å².